The van der Waals surface area contributed by atoms with Gasteiger partial charge < -0.3 is 4.74 Å². The molecule has 0 heterocycles. The third-order valence-electron chi connectivity index (χ3n) is 5.01. The lowest BCUT2D eigenvalue weighted by Crippen LogP contribution is -2.11. The molecule has 0 aliphatic carbocycles. The molecule has 0 spiro atoms. The van der Waals surface area contributed by atoms with Crippen molar-refractivity contribution < 1.29 is 14.3 Å². The van der Waals surface area contributed by atoms with Gasteiger partial charge in [-0.3, -0.25) is 9.59 Å². The van der Waals surface area contributed by atoms with E-state index in [-0.39, 0.29) is 11.9 Å². The number of hydrogen-bond acceptors (Lipinski definition) is 3. The number of unbranched alkanes of at least 4 members (excludes halogenated alkanes) is 15. The van der Waals surface area contributed by atoms with Crippen molar-refractivity contribution in [2.24, 2.45) is 0 Å². The van der Waals surface area contributed by atoms with Gasteiger partial charge in [-0.05, 0) is 25.7 Å². The Hall–Kier alpha value is 0.1000. The Balaban J connectivity index is 3.32. The molecule has 0 rings (SSSR count). The SMILES string of the molecule is O=C(CCCCCCCCCCBr)OC(=O)CCCCCCCCCCCBr. The molecule has 0 bridgehead atoms. The Morgan fingerprint density at radius 1 is 0.429 bits per heavy atom. The maximum absolute atomic E-state index is 11.7. The molecular formula is C23H42Br2O3. The number of carbonyl (C=O) groups is 2. The Bertz CT molecular complexity index is 362. The van der Waals surface area contributed by atoms with Gasteiger partial charge in [-0.25, -0.2) is 0 Å². The van der Waals surface area contributed by atoms with Crippen LogP contribution in [0.2, 0.25) is 0 Å². The molecular weight excluding hydrogens is 484 g/mol. The Labute approximate surface area is 190 Å². The zero-order chi connectivity index (χ0) is 20.7. The number of rotatable bonds is 21. The number of alkyl halides is 2. The van der Waals surface area contributed by atoms with Gasteiger partial charge in [0.2, 0.25) is 0 Å². The van der Waals surface area contributed by atoms with Crippen LogP contribution < -0.4 is 0 Å². The van der Waals surface area contributed by atoms with E-state index < -0.39 is 0 Å². The Morgan fingerprint density at radius 3 is 0.964 bits per heavy atom. The number of hydrogen-bond donors (Lipinski definition) is 0. The van der Waals surface area contributed by atoms with Crippen LogP contribution in [0, 0.1) is 0 Å². The summed E-state index contributed by atoms with van der Waals surface area (Å²) in [7, 11) is 0. The summed E-state index contributed by atoms with van der Waals surface area (Å²) in [6.45, 7) is 0. The minimum atomic E-state index is -0.342. The van der Waals surface area contributed by atoms with E-state index in [0.717, 1.165) is 36.3 Å². The molecule has 0 N–H and O–H groups in total. The first-order valence-electron chi connectivity index (χ1n) is 11.6. The molecule has 0 atom stereocenters. The van der Waals surface area contributed by atoms with Crippen molar-refractivity contribution in [2.45, 2.75) is 122 Å². The van der Waals surface area contributed by atoms with Crippen LogP contribution in [-0.4, -0.2) is 22.6 Å². The molecule has 0 fully saturated rings. The van der Waals surface area contributed by atoms with Crippen molar-refractivity contribution in [1.82, 2.24) is 0 Å². The summed E-state index contributed by atoms with van der Waals surface area (Å²) in [5.41, 5.74) is 0. The minimum absolute atomic E-state index is 0.341. The molecule has 166 valence electrons. The lowest BCUT2D eigenvalue weighted by Gasteiger charge is -2.04. The van der Waals surface area contributed by atoms with Gasteiger partial charge in [-0.1, -0.05) is 115 Å². The van der Waals surface area contributed by atoms with Gasteiger partial charge in [-0.15, -0.1) is 0 Å². The van der Waals surface area contributed by atoms with Crippen LogP contribution in [0.1, 0.15) is 122 Å². The van der Waals surface area contributed by atoms with Crippen molar-refractivity contribution in [1.29, 1.82) is 0 Å². The fourth-order valence-electron chi connectivity index (χ4n) is 3.25. The van der Waals surface area contributed by atoms with Crippen molar-refractivity contribution in [2.75, 3.05) is 10.7 Å². The van der Waals surface area contributed by atoms with E-state index >= 15 is 0 Å². The van der Waals surface area contributed by atoms with E-state index in [1.807, 2.05) is 0 Å². The summed E-state index contributed by atoms with van der Waals surface area (Å²) in [5.74, 6) is -0.683. The lowest BCUT2D eigenvalue weighted by atomic mass is 10.1. The molecule has 0 aromatic carbocycles. The normalized spacial score (nSPS) is 10.9. The average molecular weight is 526 g/mol. The van der Waals surface area contributed by atoms with Gasteiger partial charge in [0, 0.05) is 23.5 Å². The largest absolute Gasteiger partial charge is 0.393 e. The van der Waals surface area contributed by atoms with Gasteiger partial charge in [0.15, 0.2) is 0 Å². The molecule has 0 radical (unpaired) electrons. The first-order chi connectivity index (χ1) is 13.7. The summed E-state index contributed by atoms with van der Waals surface area (Å²) in [5, 5.41) is 2.22. The highest BCUT2D eigenvalue weighted by atomic mass is 79.9. The van der Waals surface area contributed by atoms with E-state index in [1.54, 1.807) is 0 Å². The van der Waals surface area contributed by atoms with Crippen molar-refractivity contribution >= 4 is 43.8 Å². The van der Waals surface area contributed by atoms with Crippen LogP contribution in [-0.2, 0) is 14.3 Å². The van der Waals surface area contributed by atoms with Gasteiger partial charge in [0.25, 0.3) is 0 Å². The summed E-state index contributed by atoms with van der Waals surface area (Å²) in [6, 6.07) is 0. The number of halogens is 2. The second kappa shape index (κ2) is 23.4. The Morgan fingerprint density at radius 2 is 0.679 bits per heavy atom. The second-order valence-corrected chi connectivity index (χ2v) is 9.32. The van der Waals surface area contributed by atoms with E-state index in [4.69, 9.17) is 4.74 Å². The second-order valence-electron chi connectivity index (χ2n) is 7.73. The maximum atomic E-state index is 11.7. The topological polar surface area (TPSA) is 43.4 Å². The highest BCUT2D eigenvalue weighted by Crippen LogP contribution is 2.13. The third-order valence-corrected chi connectivity index (χ3v) is 6.13. The average Bonchev–Trinajstić information content (AvgIpc) is 2.68. The molecule has 0 unspecified atom stereocenters. The molecule has 0 aliphatic rings. The maximum Gasteiger partial charge on any atom is 0.313 e. The van der Waals surface area contributed by atoms with Crippen LogP contribution in [0.5, 0.6) is 0 Å². The number of esters is 2. The molecule has 0 aromatic rings. The molecule has 5 heteroatoms. The van der Waals surface area contributed by atoms with Crippen LogP contribution in [0.4, 0.5) is 0 Å². The standard InChI is InChI=1S/C23H42Br2O3/c24-20-16-12-8-4-1-2-6-10-14-18-22(26)28-23(27)19-15-11-7-3-5-9-13-17-21-25/h1-21H2. The summed E-state index contributed by atoms with van der Waals surface area (Å²) in [6.07, 6.45) is 21.1. The van der Waals surface area contributed by atoms with Crippen LogP contribution in [0.25, 0.3) is 0 Å². The van der Waals surface area contributed by atoms with Gasteiger partial charge in [0.05, 0.1) is 0 Å². The van der Waals surface area contributed by atoms with Gasteiger partial charge in [-0.2, -0.15) is 0 Å². The molecule has 0 saturated carbocycles. The molecule has 3 nitrogen and oxygen atoms in total. The van der Waals surface area contributed by atoms with Gasteiger partial charge >= 0.3 is 11.9 Å². The van der Waals surface area contributed by atoms with Crippen molar-refractivity contribution in [3.63, 3.8) is 0 Å². The van der Waals surface area contributed by atoms with Crippen molar-refractivity contribution in [3.8, 4) is 0 Å². The molecule has 0 aromatic heterocycles. The lowest BCUT2D eigenvalue weighted by molar-refractivity contribution is -0.159. The molecule has 28 heavy (non-hydrogen) atoms. The van der Waals surface area contributed by atoms with E-state index in [1.165, 1.54) is 83.5 Å². The smallest absolute Gasteiger partial charge is 0.313 e. The van der Waals surface area contributed by atoms with Crippen molar-refractivity contribution in [3.05, 3.63) is 0 Å². The zero-order valence-corrected chi connectivity index (χ0v) is 21.0. The molecule has 0 saturated heterocycles. The van der Waals surface area contributed by atoms with Crippen LogP contribution >= 0.6 is 31.9 Å². The summed E-state index contributed by atoms with van der Waals surface area (Å²) < 4.78 is 4.92. The van der Waals surface area contributed by atoms with Crippen LogP contribution in [0.15, 0.2) is 0 Å². The molecule has 0 amide bonds. The van der Waals surface area contributed by atoms with Gasteiger partial charge in [0.1, 0.15) is 0 Å². The highest BCUT2D eigenvalue weighted by Gasteiger charge is 2.09. The Kier molecular flexibility index (Phi) is 23.5. The highest BCUT2D eigenvalue weighted by molar-refractivity contribution is 9.09. The predicted molar refractivity (Wildman–Crippen MR) is 126 cm³/mol. The fourth-order valence-corrected chi connectivity index (χ4v) is 4.05. The van der Waals surface area contributed by atoms with E-state index in [2.05, 4.69) is 31.9 Å². The molecule has 0 aliphatic heterocycles. The predicted octanol–water partition coefficient (Wildman–Crippen LogP) is 8.26. The zero-order valence-electron chi connectivity index (χ0n) is 17.8. The summed E-state index contributed by atoms with van der Waals surface area (Å²) >= 11 is 6.91. The number of ether oxygens (including phenoxy) is 1. The van der Waals surface area contributed by atoms with Crippen LogP contribution in [0.3, 0.4) is 0 Å². The first-order valence-corrected chi connectivity index (χ1v) is 13.8. The fraction of sp³-hybridized carbons (Fsp3) is 0.913. The first kappa shape index (κ1) is 28.1. The minimum Gasteiger partial charge on any atom is -0.393 e. The number of carbonyl (C=O) groups excluding carboxylic acids is 2. The van der Waals surface area contributed by atoms with E-state index in [0.29, 0.717) is 12.8 Å². The summed E-state index contributed by atoms with van der Waals surface area (Å²) in [4.78, 5) is 23.4. The van der Waals surface area contributed by atoms with E-state index in [9.17, 15) is 9.59 Å². The quantitative estimate of drug-likeness (QED) is 0.0655. The third kappa shape index (κ3) is 22.4. The monoisotopic (exact) mass is 524 g/mol.